The molecule has 0 bridgehead atoms. The molecule has 0 atom stereocenters. The predicted molar refractivity (Wildman–Crippen MR) is 79.7 cm³/mol. The number of nitrogens with one attached hydrogen (secondary N) is 2. The summed E-state index contributed by atoms with van der Waals surface area (Å²) in [5.74, 6) is 5.72. The number of nitrogens with two attached hydrogens (primary N) is 1. The number of hydrazine groups is 1. The van der Waals surface area contributed by atoms with Crippen LogP contribution in [-0.2, 0) is 4.79 Å². The van der Waals surface area contributed by atoms with E-state index in [1.807, 2.05) is 13.8 Å². The molecule has 0 radical (unpaired) electrons. The first kappa shape index (κ1) is 16.6. The fourth-order valence-corrected chi connectivity index (χ4v) is 1.82. The molecule has 0 aromatic carbocycles. The summed E-state index contributed by atoms with van der Waals surface area (Å²) in [7, 11) is 0. The molecule has 9 heteroatoms. The summed E-state index contributed by atoms with van der Waals surface area (Å²) in [6, 6.07) is 2.52. The number of carbonyl (C=O) groups excluding carboxylic acids is 1. The van der Waals surface area contributed by atoms with E-state index in [1.54, 1.807) is 4.90 Å². The molecule has 116 valence electrons. The third-order valence-electron chi connectivity index (χ3n) is 2.93. The van der Waals surface area contributed by atoms with Crippen LogP contribution >= 0.6 is 0 Å². The molecule has 0 saturated heterocycles. The molecule has 4 N–H and O–H groups in total. The van der Waals surface area contributed by atoms with Crippen LogP contribution in [-0.4, -0.2) is 40.3 Å². The van der Waals surface area contributed by atoms with Gasteiger partial charge >= 0.3 is 0 Å². The molecule has 0 spiro atoms. The molecule has 1 heterocycles. The monoisotopic (exact) mass is 296 g/mol. The van der Waals surface area contributed by atoms with Gasteiger partial charge in [0.05, 0.1) is 17.1 Å². The number of aromatic nitrogens is 1. The van der Waals surface area contributed by atoms with Crippen molar-refractivity contribution in [2.24, 2.45) is 5.84 Å². The number of nitrogen functional groups attached to an aromatic ring is 1. The van der Waals surface area contributed by atoms with E-state index in [0.717, 1.165) is 0 Å². The van der Waals surface area contributed by atoms with Crippen LogP contribution in [0.4, 0.5) is 17.3 Å². The van der Waals surface area contributed by atoms with Crippen molar-refractivity contribution < 1.29 is 9.72 Å². The minimum atomic E-state index is -0.533. The van der Waals surface area contributed by atoms with Crippen LogP contribution in [0.5, 0.6) is 0 Å². The highest BCUT2D eigenvalue weighted by Gasteiger charge is 2.12. The highest BCUT2D eigenvalue weighted by Crippen LogP contribution is 2.19. The maximum atomic E-state index is 11.8. The number of nitrogens with zero attached hydrogens (tertiary/aromatic N) is 3. The van der Waals surface area contributed by atoms with Crippen molar-refractivity contribution in [1.29, 1.82) is 0 Å². The summed E-state index contributed by atoms with van der Waals surface area (Å²) < 4.78 is 0. The quantitative estimate of drug-likeness (QED) is 0.370. The van der Waals surface area contributed by atoms with Crippen molar-refractivity contribution in [3.8, 4) is 0 Å². The Labute approximate surface area is 122 Å². The highest BCUT2D eigenvalue weighted by atomic mass is 16.6. The summed E-state index contributed by atoms with van der Waals surface area (Å²) in [5.41, 5.74) is 2.14. The standard InChI is InChI=1S/C12H20N6O3/c1-3-17(4-2)12(19)5-6-14-10-7-9(18(20)21)8-11(15-10)16-13/h7-8H,3-6,13H2,1-2H3,(H2,14,15,16). The van der Waals surface area contributed by atoms with Crippen LogP contribution in [0, 0.1) is 10.1 Å². The Morgan fingerprint density at radius 1 is 1.38 bits per heavy atom. The first-order valence-corrected chi connectivity index (χ1v) is 6.66. The Hall–Kier alpha value is -2.42. The van der Waals surface area contributed by atoms with Crippen molar-refractivity contribution in [1.82, 2.24) is 9.88 Å². The van der Waals surface area contributed by atoms with Gasteiger partial charge in [-0.2, -0.15) is 0 Å². The minimum absolute atomic E-state index is 0.0232. The Kier molecular flexibility index (Phi) is 6.34. The van der Waals surface area contributed by atoms with E-state index in [0.29, 0.717) is 25.5 Å². The van der Waals surface area contributed by atoms with Gasteiger partial charge in [0.25, 0.3) is 5.69 Å². The van der Waals surface area contributed by atoms with Gasteiger partial charge in [0, 0.05) is 26.1 Å². The lowest BCUT2D eigenvalue weighted by Gasteiger charge is -2.18. The predicted octanol–water partition coefficient (Wildman–Crippen LogP) is 0.946. The zero-order valence-electron chi connectivity index (χ0n) is 12.1. The van der Waals surface area contributed by atoms with Crippen molar-refractivity contribution in [2.45, 2.75) is 20.3 Å². The van der Waals surface area contributed by atoms with Gasteiger partial charge < -0.3 is 15.6 Å². The third-order valence-corrected chi connectivity index (χ3v) is 2.93. The smallest absolute Gasteiger partial charge is 0.276 e. The van der Waals surface area contributed by atoms with E-state index >= 15 is 0 Å². The van der Waals surface area contributed by atoms with E-state index in [2.05, 4.69) is 15.7 Å². The second kappa shape index (κ2) is 8.00. The number of rotatable bonds is 8. The average molecular weight is 296 g/mol. The van der Waals surface area contributed by atoms with Crippen LogP contribution in [0.3, 0.4) is 0 Å². The molecule has 1 rings (SSSR count). The van der Waals surface area contributed by atoms with Crippen molar-refractivity contribution in [2.75, 3.05) is 30.4 Å². The summed E-state index contributed by atoms with van der Waals surface area (Å²) in [6.07, 6.45) is 0.289. The molecule has 0 aliphatic rings. The van der Waals surface area contributed by atoms with E-state index < -0.39 is 4.92 Å². The van der Waals surface area contributed by atoms with E-state index in [9.17, 15) is 14.9 Å². The van der Waals surface area contributed by atoms with Gasteiger partial charge in [-0.1, -0.05) is 0 Å². The number of carbonyl (C=O) groups is 1. The molecule has 1 aromatic heterocycles. The van der Waals surface area contributed by atoms with Crippen LogP contribution < -0.4 is 16.6 Å². The molecule has 1 amide bonds. The minimum Gasteiger partial charge on any atom is -0.369 e. The maximum Gasteiger partial charge on any atom is 0.276 e. The van der Waals surface area contributed by atoms with Gasteiger partial charge in [0.1, 0.15) is 11.6 Å². The lowest BCUT2D eigenvalue weighted by molar-refractivity contribution is -0.384. The molecule has 0 unspecified atom stereocenters. The van der Waals surface area contributed by atoms with Crippen LogP contribution in [0.15, 0.2) is 12.1 Å². The molecule has 21 heavy (non-hydrogen) atoms. The first-order chi connectivity index (χ1) is 10.0. The Morgan fingerprint density at radius 2 is 2.00 bits per heavy atom. The lowest BCUT2D eigenvalue weighted by Crippen LogP contribution is -2.31. The number of pyridine rings is 1. The molecule has 0 fully saturated rings. The zero-order chi connectivity index (χ0) is 15.8. The van der Waals surface area contributed by atoms with E-state index in [1.165, 1.54) is 12.1 Å². The Morgan fingerprint density at radius 3 is 2.52 bits per heavy atom. The molecule has 0 aliphatic heterocycles. The van der Waals surface area contributed by atoms with Gasteiger partial charge in [-0.25, -0.2) is 10.8 Å². The fourth-order valence-electron chi connectivity index (χ4n) is 1.82. The number of amides is 1. The first-order valence-electron chi connectivity index (χ1n) is 6.66. The highest BCUT2D eigenvalue weighted by molar-refractivity contribution is 5.76. The zero-order valence-corrected chi connectivity index (χ0v) is 12.1. The lowest BCUT2D eigenvalue weighted by atomic mass is 10.3. The fraction of sp³-hybridized carbons (Fsp3) is 0.500. The summed E-state index contributed by atoms with van der Waals surface area (Å²) in [4.78, 5) is 27.8. The summed E-state index contributed by atoms with van der Waals surface area (Å²) in [5, 5.41) is 13.7. The number of anilines is 2. The Balaban J connectivity index is 2.65. The van der Waals surface area contributed by atoms with Crippen LogP contribution in [0.2, 0.25) is 0 Å². The molecule has 0 saturated carbocycles. The normalized spacial score (nSPS) is 10.0. The van der Waals surface area contributed by atoms with Crippen molar-refractivity contribution in [3.63, 3.8) is 0 Å². The van der Waals surface area contributed by atoms with Gasteiger partial charge in [-0.15, -0.1) is 0 Å². The second-order valence-corrected chi connectivity index (χ2v) is 4.24. The van der Waals surface area contributed by atoms with Gasteiger partial charge in [0.15, 0.2) is 0 Å². The molecular weight excluding hydrogens is 276 g/mol. The second-order valence-electron chi connectivity index (χ2n) is 4.24. The topological polar surface area (TPSA) is 126 Å². The van der Waals surface area contributed by atoms with Crippen molar-refractivity contribution in [3.05, 3.63) is 22.2 Å². The molecular formula is C12H20N6O3. The third kappa shape index (κ3) is 4.88. The number of hydrogen-bond donors (Lipinski definition) is 3. The maximum absolute atomic E-state index is 11.8. The SMILES string of the molecule is CCN(CC)C(=O)CCNc1cc([N+](=O)[O-])cc(NN)n1. The Bertz CT molecular complexity index is 504. The molecule has 0 aliphatic carbocycles. The van der Waals surface area contributed by atoms with Gasteiger partial charge in [-0.3, -0.25) is 14.9 Å². The molecule has 9 nitrogen and oxygen atoms in total. The number of nitro groups is 1. The van der Waals surface area contributed by atoms with Gasteiger partial charge in [-0.05, 0) is 13.8 Å². The number of hydrogen-bond acceptors (Lipinski definition) is 7. The van der Waals surface area contributed by atoms with Gasteiger partial charge in [0.2, 0.25) is 5.91 Å². The van der Waals surface area contributed by atoms with Crippen molar-refractivity contribution >= 4 is 23.2 Å². The van der Waals surface area contributed by atoms with E-state index in [-0.39, 0.29) is 23.8 Å². The van der Waals surface area contributed by atoms with Crippen LogP contribution in [0.1, 0.15) is 20.3 Å². The average Bonchev–Trinajstić information content (AvgIpc) is 2.48. The van der Waals surface area contributed by atoms with Crippen LogP contribution in [0.25, 0.3) is 0 Å². The molecule has 1 aromatic rings. The van der Waals surface area contributed by atoms with E-state index in [4.69, 9.17) is 5.84 Å². The summed E-state index contributed by atoms with van der Waals surface area (Å²) >= 11 is 0. The largest absolute Gasteiger partial charge is 0.369 e. The summed E-state index contributed by atoms with van der Waals surface area (Å²) in [6.45, 7) is 5.48.